The molecule has 0 spiro atoms. The second kappa shape index (κ2) is 3.42. The summed E-state index contributed by atoms with van der Waals surface area (Å²) in [7, 11) is -1.15. The Kier molecular flexibility index (Phi) is 2.25. The Morgan fingerprint density at radius 1 is 1.14 bits per heavy atom. The quantitative estimate of drug-likeness (QED) is 0.777. The summed E-state index contributed by atoms with van der Waals surface area (Å²) in [4.78, 5) is 0.490. The average Bonchev–Trinajstić information content (AvgIpc) is 2.16. The van der Waals surface area contributed by atoms with Gasteiger partial charge in [0.2, 0.25) is 0 Å². The lowest BCUT2D eigenvalue weighted by atomic mass is 10.1. The highest BCUT2D eigenvalue weighted by molar-refractivity contribution is 7.84. The van der Waals surface area contributed by atoms with E-state index in [1.54, 1.807) is 18.4 Å². The van der Waals surface area contributed by atoms with E-state index in [2.05, 4.69) is 0 Å². The van der Waals surface area contributed by atoms with E-state index in [1.807, 2.05) is 24.3 Å². The van der Waals surface area contributed by atoms with Gasteiger partial charge in [-0.25, -0.2) is 0 Å². The van der Waals surface area contributed by atoms with Crippen LogP contribution in [0.5, 0.6) is 5.75 Å². The number of aromatic hydroxyl groups is 1. The number of hydrogen-bond acceptors (Lipinski definition) is 2. The molecule has 0 bridgehead atoms. The fraction of sp³-hybridized carbons (Fsp3) is 0.0909. The maximum Gasteiger partial charge on any atom is 0.132 e. The summed E-state index contributed by atoms with van der Waals surface area (Å²) < 4.78 is 11.3. The van der Waals surface area contributed by atoms with E-state index in [0.29, 0.717) is 4.90 Å². The van der Waals surface area contributed by atoms with Crippen LogP contribution in [-0.2, 0) is 10.8 Å². The molecule has 2 aromatic carbocycles. The molecule has 3 heteroatoms. The van der Waals surface area contributed by atoms with Crippen LogP contribution in [0.15, 0.2) is 41.3 Å². The van der Waals surface area contributed by atoms with Crippen LogP contribution in [0.1, 0.15) is 0 Å². The molecule has 0 aliphatic heterocycles. The van der Waals surface area contributed by atoms with Gasteiger partial charge in [0.05, 0.1) is 15.7 Å². The molecule has 0 aliphatic carbocycles. The SMILES string of the molecule is CS(=O)c1cc2ccccc2cc1O. The van der Waals surface area contributed by atoms with Crippen LogP contribution in [0.3, 0.4) is 0 Å². The molecule has 0 heterocycles. The summed E-state index contributed by atoms with van der Waals surface area (Å²) in [6.07, 6.45) is 1.56. The van der Waals surface area contributed by atoms with Crippen molar-refractivity contribution in [1.29, 1.82) is 0 Å². The molecule has 2 aromatic rings. The van der Waals surface area contributed by atoms with E-state index < -0.39 is 10.8 Å². The maximum atomic E-state index is 11.3. The van der Waals surface area contributed by atoms with Crippen molar-refractivity contribution in [1.82, 2.24) is 0 Å². The second-order valence-electron chi connectivity index (χ2n) is 3.12. The molecular weight excluding hydrogens is 196 g/mol. The summed E-state index contributed by atoms with van der Waals surface area (Å²) in [5.41, 5.74) is 0. The van der Waals surface area contributed by atoms with Crippen molar-refractivity contribution in [2.75, 3.05) is 6.26 Å². The molecule has 72 valence electrons. The topological polar surface area (TPSA) is 37.3 Å². The number of hydrogen-bond donors (Lipinski definition) is 1. The number of fused-ring (bicyclic) bond motifs is 1. The third-order valence-electron chi connectivity index (χ3n) is 2.14. The van der Waals surface area contributed by atoms with Gasteiger partial charge in [-0.3, -0.25) is 4.21 Å². The largest absolute Gasteiger partial charge is 0.507 e. The molecule has 0 aromatic heterocycles. The van der Waals surface area contributed by atoms with Crippen LogP contribution in [0.25, 0.3) is 10.8 Å². The van der Waals surface area contributed by atoms with Gasteiger partial charge in [0, 0.05) is 6.26 Å². The third kappa shape index (κ3) is 1.51. The molecule has 0 radical (unpaired) electrons. The summed E-state index contributed by atoms with van der Waals surface area (Å²) in [5, 5.41) is 11.5. The lowest BCUT2D eigenvalue weighted by Crippen LogP contribution is -1.88. The van der Waals surface area contributed by atoms with Crippen LogP contribution < -0.4 is 0 Å². The predicted octanol–water partition coefficient (Wildman–Crippen LogP) is 2.28. The first-order valence-electron chi connectivity index (χ1n) is 4.23. The minimum atomic E-state index is -1.15. The van der Waals surface area contributed by atoms with E-state index >= 15 is 0 Å². The van der Waals surface area contributed by atoms with Crippen molar-refractivity contribution in [3.8, 4) is 5.75 Å². The Bertz CT molecular complexity index is 506. The standard InChI is InChI=1S/C11H10O2S/c1-14(13)11-7-9-5-3-2-4-8(9)6-10(11)12/h2-7,12H,1H3. The van der Waals surface area contributed by atoms with Crippen LogP contribution in [0, 0.1) is 0 Å². The summed E-state index contributed by atoms with van der Waals surface area (Å²) in [6.45, 7) is 0. The summed E-state index contributed by atoms with van der Waals surface area (Å²) in [6, 6.07) is 11.1. The molecule has 0 saturated heterocycles. The first kappa shape index (κ1) is 9.21. The Morgan fingerprint density at radius 3 is 2.29 bits per heavy atom. The summed E-state index contributed by atoms with van der Waals surface area (Å²) >= 11 is 0. The first-order valence-corrected chi connectivity index (χ1v) is 5.79. The zero-order chi connectivity index (χ0) is 10.1. The van der Waals surface area contributed by atoms with Gasteiger partial charge in [0.1, 0.15) is 5.75 Å². The molecule has 0 aliphatic rings. The number of phenolic OH excluding ortho intramolecular Hbond substituents is 1. The van der Waals surface area contributed by atoms with Crippen molar-refractivity contribution in [3.63, 3.8) is 0 Å². The van der Waals surface area contributed by atoms with Crippen LogP contribution in [-0.4, -0.2) is 15.6 Å². The fourth-order valence-corrected chi connectivity index (χ4v) is 2.08. The molecule has 2 nitrogen and oxygen atoms in total. The van der Waals surface area contributed by atoms with E-state index in [0.717, 1.165) is 10.8 Å². The number of rotatable bonds is 1. The van der Waals surface area contributed by atoms with E-state index in [9.17, 15) is 9.32 Å². The van der Waals surface area contributed by atoms with Gasteiger partial charge in [-0.15, -0.1) is 0 Å². The van der Waals surface area contributed by atoms with Gasteiger partial charge in [0.25, 0.3) is 0 Å². The van der Waals surface area contributed by atoms with Crippen molar-refractivity contribution < 1.29 is 9.32 Å². The lowest BCUT2D eigenvalue weighted by molar-refractivity contribution is 0.462. The van der Waals surface area contributed by atoms with Crippen LogP contribution in [0.4, 0.5) is 0 Å². The number of phenols is 1. The van der Waals surface area contributed by atoms with Gasteiger partial charge >= 0.3 is 0 Å². The van der Waals surface area contributed by atoms with Gasteiger partial charge < -0.3 is 5.11 Å². The van der Waals surface area contributed by atoms with Crippen molar-refractivity contribution in [2.45, 2.75) is 4.90 Å². The summed E-state index contributed by atoms with van der Waals surface area (Å²) in [5.74, 6) is 0.101. The first-order chi connectivity index (χ1) is 6.68. The second-order valence-corrected chi connectivity index (χ2v) is 4.47. The molecule has 1 unspecified atom stereocenters. The third-order valence-corrected chi connectivity index (χ3v) is 3.08. The Hall–Kier alpha value is -1.35. The normalized spacial score (nSPS) is 12.9. The van der Waals surface area contributed by atoms with Gasteiger partial charge in [-0.2, -0.15) is 0 Å². The monoisotopic (exact) mass is 206 g/mol. The fourth-order valence-electron chi connectivity index (χ4n) is 1.44. The smallest absolute Gasteiger partial charge is 0.132 e. The lowest BCUT2D eigenvalue weighted by Gasteiger charge is -2.03. The molecule has 1 atom stereocenters. The van der Waals surface area contributed by atoms with Crippen molar-refractivity contribution in [2.24, 2.45) is 0 Å². The van der Waals surface area contributed by atoms with Gasteiger partial charge in [-0.1, -0.05) is 24.3 Å². The highest BCUT2D eigenvalue weighted by atomic mass is 32.2. The molecular formula is C11H10O2S. The Morgan fingerprint density at radius 2 is 1.71 bits per heavy atom. The highest BCUT2D eigenvalue weighted by Crippen LogP contribution is 2.26. The van der Waals surface area contributed by atoms with E-state index in [-0.39, 0.29) is 5.75 Å². The highest BCUT2D eigenvalue weighted by Gasteiger charge is 2.06. The minimum Gasteiger partial charge on any atom is -0.507 e. The maximum absolute atomic E-state index is 11.3. The number of benzene rings is 2. The van der Waals surface area contributed by atoms with Gasteiger partial charge in [-0.05, 0) is 22.9 Å². The van der Waals surface area contributed by atoms with Crippen molar-refractivity contribution in [3.05, 3.63) is 36.4 Å². The van der Waals surface area contributed by atoms with E-state index in [1.165, 1.54) is 0 Å². The molecule has 0 amide bonds. The van der Waals surface area contributed by atoms with Crippen LogP contribution in [0.2, 0.25) is 0 Å². The molecule has 0 fully saturated rings. The Balaban J connectivity index is 2.77. The Labute approximate surface area is 84.6 Å². The van der Waals surface area contributed by atoms with Gasteiger partial charge in [0.15, 0.2) is 0 Å². The van der Waals surface area contributed by atoms with E-state index in [4.69, 9.17) is 0 Å². The average molecular weight is 206 g/mol. The minimum absolute atomic E-state index is 0.101. The zero-order valence-corrected chi connectivity index (χ0v) is 8.54. The van der Waals surface area contributed by atoms with Crippen molar-refractivity contribution >= 4 is 21.6 Å². The molecule has 2 rings (SSSR count). The molecule has 0 saturated carbocycles. The zero-order valence-electron chi connectivity index (χ0n) is 7.73. The molecule has 14 heavy (non-hydrogen) atoms. The molecule has 1 N–H and O–H groups in total. The van der Waals surface area contributed by atoms with Crippen LogP contribution >= 0.6 is 0 Å². The predicted molar refractivity (Wildman–Crippen MR) is 57.9 cm³/mol.